The Balaban J connectivity index is 4.19. The van der Waals surface area contributed by atoms with Crippen molar-refractivity contribution in [2.75, 3.05) is 33.0 Å². The Bertz CT molecular complexity index is 857. The zero-order chi connectivity index (χ0) is 35.6. The number of hydrogen-bond acceptors (Lipinski definition) is 10. The quantitative estimate of drug-likeness (QED) is 0.0211. The molecule has 11 nitrogen and oxygen atoms in total. The van der Waals surface area contributed by atoms with Crippen molar-refractivity contribution in [1.82, 2.24) is 0 Å². The summed E-state index contributed by atoms with van der Waals surface area (Å²) in [4.78, 5) is 45.6. The van der Waals surface area contributed by atoms with Crippen LogP contribution in [0, 0.1) is 0 Å². The average molecular weight is 706 g/mol. The molecule has 0 rings (SSSR count). The monoisotopic (exact) mass is 705 g/mol. The summed E-state index contributed by atoms with van der Waals surface area (Å²) in [5.74, 6) is -1.27. The van der Waals surface area contributed by atoms with Gasteiger partial charge in [0.15, 0.2) is 6.10 Å². The van der Waals surface area contributed by atoms with E-state index in [1.807, 2.05) is 0 Å². The first-order valence-corrected chi connectivity index (χ1v) is 20.2. The van der Waals surface area contributed by atoms with Gasteiger partial charge in [-0.25, -0.2) is 9.36 Å². The molecule has 0 aliphatic heterocycles. The van der Waals surface area contributed by atoms with E-state index in [0.29, 0.717) is 13.0 Å². The zero-order valence-corrected chi connectivity index (χ0v) is 30.9. The molecule has 1 unspecified atom stereocenters. The van der Waals surface area contributed by atoms with Crippen molar-refractivity contribution in [2.45, 2.75) is 167 Å². The van der Waals surface area contributed by atoms with Crippen LogP contribution in [0.1, 0.15) is 161 Å². The van der Waals surface area contributed by atoms with Crippen LogP contribution in [0.2, 0.25) is 0 Å². The number of carbonyl (C=O) groups is 3. The first-order valence-electron chi connectivity index (χ1n) is 18.7. The van der Waals surface area contributed by atoms with Gasteiger partial charge in [-0.3, -0.25) is 18.6 Å². The smallest absolute Gasteiger partial charge is 0.463 e. The molecule has 0 aliphatic carbocycles. The molecule has 0 aromatic heterocycles. The third kappa shape index (κ3) is 32.8. The van der Waals surface area contributed by atoms with Crippen LogP contribution in [0.5, 0.6) is 0 Å². The van der Waals surface area contributed by atoms with Gasteiger partial charge in [0.2, 0.25) is 0 Å². The Kier molecular flexibility index (Phi) is 32.5. The van der Waals surface area contributed by atoms with E-state index in [4.69, 9.17) is 29.0 Å². The van der Waals surface area contributed by atoms with Crippen molar-refractivity contribution >= 4 is 25.7 Å². The van der Waals surface area contributed by atoms with E-state index in [0.717, 1.165) is 70.6 Å². The summed E-state index contributed by atoms with van der Waals surface area (Å²) in [6.07, 6.45) is 25.1. The first-order chi connectivity index (χ1) is 23.2. The summed E-state index contributed by atoms with van der Waals surface area (Å²) in [5, 5.41) is 0. The summed E-state index contributed by atoms with van der Waals surface area (Å²) in [6, 6.07) is 0. The standard InChI is InChI=1S/C36H68NO10P/c1-3-5-6-7-8-9-10-11-12-14-17-20-23-26-35(39)44-31-33(32-46-48(41,42)45-30-28-37)47-36(40)27-24-21-18-15-13-16-19-22-25-29-43-34(38)4-2/h4,33H,2-3,5-32,37H2,1H3,(H,41,42)/t33-/m1/s1. The van der Waals surface area contributed by atoms with Crippen LogP contribution in [0.25, 0.3) is 0 Å². The van der Waals surface area contributed by atoms with E-state index in [2.05, 4.69) is 13.5 Å². The second-order valence-electron chi connectivity index (χ2n) is 12.5. The normalized spacial score (nSPS) is 13.1. The average Bonchev–Trinajstić information content (AvgIpc) is 3.07. The number of carbonyl (C=O) groups excluding carboxylic acids is 3. The van der Waals surface area contributed by atoms with Gasteiger partial charge < -0.3 is 24.8 Å². The molecular weight excluding hydrogens is 637 g/mol. The van der Waals surface area contributed by atoms with Crippen molar-refractivity contribution in [3.05, 3.63) is 12.7 Å². The maximum atomic E-state index is 12.5. The van der Waals surface area contributed by atoms with Crippen LogP contribution in [-0.2, 0) is 42.2 Å². The highest BCUT2D eigenvalue weighted by atomic mass is 31.2. The molecule has 48 heavy (non-hydrogen) atoms. The van der Waals surface area contributed by atoms with Gasteiger partial charge >= 0.3 is 25.7 Å². The molecule has 0 spiro atoms. The summed E-state index contributed by atoms with van der Waals surface area (Å²) in [5.41, 5.74) is 5.32. The fourth-order valence-corrected chi connectivity index (χ4v) is 5.89. The van der Waals surface area contributed by atoms with Crippen LogP contribution < -0.4 is 5.73 Å². The third-order valence-electron chi connectivity index (χ3n) is 7.94. The van der Waals surface area contributed by atoms with Gasteiger partial charge in [-0.2, -0.15) is 0 Å². The number of esters is 3. The first kappa shape index (κ1) is 46.2. The number of rotatable bonds is 36. The number of unbranched alkanes of at least 4 members (excludes halogenated alkanes) is 20. The maximum absolute atomic E-state index is 12.5. The topological polar surface area (TPSA) is 161 Å². The van der Waals surface area contributed by atoms with Crippen molar-refractivity contribution < 1.29 is 47.1 Å². The van der Waals surface area contributed by atoms with E-state index >= 15 is 0 Å². The van der Waals surface area contributed by atoms with Crippen LogP contribution in [0.4, 0.5) is 0 Å². The Hall–Kier alpha value is -1.78. The predicted octanol–water partition coefficient (Wildman–Crippen LogP) is 8.65. The predicted molar refractivity (Wildman–Crippen MR) is 189 cm³/mol. The molecule has 3 N–H and O–H groups in total. The highest BCUT2D eigenvalue weighted by molar-refractivity contribution is 7.47. The maximum Gasteiger partial charge on any atom is 0.472 e. The summed E-state index contributed by atoms with van der Waals surface area (Å²) in [6.45, 7) is 5.19. The zero-order valence-electron chi connectivity index (χ0n) is 30.0. The molecule has 0 saturated carbocycles. The van der Waals surface area contributed by atoms with E-state index in [9.17, 15) is 23.8 Å². The van der Waals surface area contributed by atoms with Gasteiger partial charge in [-0.15, -0.1) is 0 Å². The SMILES string of the molecule is C=CC(=O)OCCCCCCCCCCCC(=O)O[C@H](COC(=O)CCCCCCCCCCCCCCC)COP(=O)(O)OCCN. The highest BCUT2D eigenvalue weighted by Gasteiger charge is 2.26. The minimum atomic E-state index is -4.39. The molecular formula is C36H68NO10P. The van der Waals surface area contributed by atoms with Gasteiger partial charge in [0.05, 0.1) is 19.8 Å². The lowest BCUT2D eigenvalue weighted by Gasteiger charge is -2.19. The van der Waals surface area contributed by atoms with E-state index in [1.54, 1.807) is 0 Å². The second-order valence-corrected chi connectivity index (χ2v) is 13.9. The molecule has 0 saturated heterocycles. The van der Waals surface area contributed by atoms with E-state index in [-0.39, 0.29) is 38.6 Å². The van der Waals surface area contributed by atoms with Crippen LogP contribution >= 0.6 is 7.82 Å². The fourth-order valence-electron chi connectivity index (χ4n) is 5.13. The third-order valence-corrected chi connectivity index (χ3v) is 8.93. The van der Waals surface area contributed by atoms with Crippen molar-refractivity contribution in [1.29, 1.82) is 0 Å². The fraction of sp³-hybridized carbons (Fsp3) is 0.861. The van der Waals surface area contributed by atoms with Crippen molar-refractivity contribution in [3.63, 3.8) is 0 Å². The second kappa shape index (κ2) is 33.7. The lowest BCUT2D eigenvalue weighted by molar-refractivity contribution is -0.161. The molecule has 0 aromatic rings. The van der Waals surface area contributed by atoms with Crippen LogP contribution in [0.15, 0.2) is 12.7 Å². The van der Waals surface area contributed by atoms with Gasteiger partial charge in [0.1, 0.15) is 6.61 Å². The number of phosphoric ester groups is 1. The van der Waals surface area contributed by atoms with E-state index < -0.39 is 32.5 Å². The number of nitrogens with two attached hydrogens (primary N) is 1. The van der Waals surface area contributed by atoms with Crippen LogP contribution in [0.3, 0.4) is 0 Å². The molecule has 0 amide bonds. The molecule has 12 heteroatoms. The molecule has 282 valence electrons. The van der Waals surface area contributed by atoms with Crippen molar-refractivity contribution in [2.24, 2.45) is 5.73 Å². The minimum absolute atomic E-state index is 0.0398. The Morgan fingerprint density at radius 3 is 1.58 bits per heavy atom. The van der Waals surface area contributed by atoms with Gasteiger partial charge in [0.25, 0.3) is 0 Å². The largest absolute Gasteiger partial charge is 0.472 e. The number of hydrogen-bond donors (Lipinski definition) is 2. The molecule has 0 bridgehead atoms. The Morgan fingerprint density at radius 1 is 0.646 bits per heavy atom. The number of phosphoric acid groups is 1. The summed E-state index contributed by atoms with van der Waals surface area (Å²) in [7, 11) is -4.39. The lowest BCUT2D eigenvalue weighted by atomic mass is 10.0. The van der Waals surface area contributed by atoms with Gasteiger partial charge in [0, 0.05) is 25.5 Å². The van der Waals surface area contributed by atoms with E-state index in [1.165, 1.54) is 70.3 Å². The lowest BCUT2D eigenvalue weighted by Crippen LogP contribution is -2.29. The minimum Gasteiger partial charge on any atom is -0.463 e. The molecule has 2 atom stereocenters. The Morgan fingerprint density at radius 2 is 1.10 bits per heavy atom. The molecule has 0 aliphatic rings. The van der Waals surface area contributed by atoms with Crippen molar-refractivity contribution in [3.8, 4) is 0 Å². The number of ether oxygens (including phenoxy) is 3. The molecule has 0 fully saturated rings. The van der Waals surface area contributed by atoms with Gasteiger partial charge in [-0.05, 0) is 19.3 Å². The molecule has 0 heterocycles. The molecule has 0 radical (unpaired) electrons. The summed E-state index contributed by atoms with van der Waals surface area (Å²) >= 11 is 0. The highest BCUT2D eigenvalue weighted by Crippen LogP contribution is 2.43. The van der Waals surface area contributed by atoms with Crippen LogP contribution in [-0.4, -0.2) is 61.9 Å². The molecule has 0 aromatic carbocycles. The van der Waals surface area contributed by atoms with Gasteiger partial charge in [-0.1, -0.05) is 135 Å². The Labute approximate surface area is 291 Å². The summed E-state index contributed by atoms with van der Waals surface area (Å²) < 4.78 is 37.5.